The molecule has 1 saturated heterocycles. The quantitative estimate of drug-likeness (QED) is 0.513. The van der Waals surface area contributed by atoms with Crippen molar-refractivity contribution in [2.24, 2.45) is 10.2 Å². The van der Waals surface area contributed by atoms with E-state index < -0.39 is 0 Å². The smallest absolute Gasteiger partial charge is 0.192 e. The van der Waals surface area contributed by atoms with Crippen molar-refractivity contribution in [1.29, 1.82) is 0 Å². The molecule has 1 N–H and O–H groups in total. The van der Waals surface area contributed by atoms with Crippen LogP contribution in [0.2, 0.25) is 0 Å². The van der Waals surface area contributed by atoms with Crippen LogP contribution in [0.3, 0.4) is 0 Å². The zero-order valence-corrected chi connectivity index (χ0v) is 5.43. The molecule has 0 aliphatic carbocycles. The topological polar surface area (TPSA) is 36.8 Å². The summed E-state index contributed by atoms with van der Waals surface area (Å²) in [7, 11) is 0. The number of hydrogen-bond acceptors (Lipinski definition) is 3. The summed E-state index contributed by atoms with van der Waals surface area (Å²) in [6, 6.07) is 0. The maximum Gasteiger partial charge on any atom is 0.192 e. The van der Waals surface area contributed by atoms with Crippen molar-refractivity contribution in [3.8, 4) is 0 Å². The first kappa shape index (κ1) is 5.35. The van der Waals surface area contributed by atoms with E-state index in [4.69, 9.17) is 0 Å². The molecule has 2 aliphatic rings. The summed E-state index contributed by atoms with van der Waals surface area (Å²) >= 11 is 0. The molecule has 0 aromatic rings. The average Bonchev–Trinajstić information content (AvgIpc) is 2.64. The maximum atomic E-state index is 4.04. The van der Waals surface area contributed by atoms with E-state index in [9.17, 15) is 0 Å². The van der Waals surface area contributed by atoms with Gasteiger partial charge in [0.25, 0.3) is 0 Å². The second-order valence-corrected chi connectivity index (χ2v) is 2.79. The first-order valence-electron chi connectivity index (χ1n) is 3.56. The molecule has 0 bridgehead atoms. The molecular formula is C6H11N3. The normalized spacial score (nSPS) is 30.2. The molecule has 0 unspecified atom stereocenters. The first-order valence-corrected chi connectivity index (χ1v) is 3.56. The van der Waals surface area contributed by atoms with E-state index in [1.54, 1.807) is 0 Å². The molecule has 1 spiro atoms. The summed E-state index contributed by atoms with van der Waals surface area (Å²) in [5.41, 5.74) is 0.101. The Labute approximate surface area is 54.5 Å². The fraction of sp³-hybridized carbons (Fsp3) is 1.00. The molecule has 2 rings (SSSR count). The Balaban J connectivity index is 1.93. The van der Waals surface area contributed by atoms with Gasteiger partial charge in [0.1, 0.15) is 0 Å². The van der Waals surface area contributed by atoms with Crippen LogP contribution >= 0.6 is 0 Å². The van der Waals surface area contributed by atoms with E-state index >= 15 is 0 Å². The van der Waals surface area contributed by atoms with Gasteiger partial charge < -0.3 is 5.32 Å². The zero-order chi connectivity index (χ0) is 6.16. The summed E-state index contributed by atoms with van der Waals surface area (Å²) in [5, 5.41) is 11.4. The molecule has 3 heteroatoms. The molecule has 0 amide bonds. The molecular weight excluding hydrogens is 114 g/mol. The van der Waals surface area contributed by atoms with E-state index in [-0.39, 0.29) is 5.66 Å². The molecule has 0 atom stereocenters. The number of nitrogens with one attached hydrogen (secondary N) is 1. The lowest BCUT2D eigenvalue weighted by atomic mass is 10.1. The van der Waals surface area contributed by atoms with Gasteiger partial charge in [-0.1, -0.05) is 0 Å². The lowest BCUT2D eigenvalue weighted by molar-refractivity contribution is 0.533. The van der Waals surface area contributed by atoms with Gasteiger partial charge in [-0.3, -0.25) is 0 Å². The summed E-state index contributed by atoms with van der Waals surface area (Å²) in [6.45, 7) is 2.24. The minimum atomic E-state index is 0.101. The monoisotopic (exact) mass is 125 g/mol. The molecule has 0 aromatic carbocycles. The number of hydrogen-bond donors (Lipinski definition) is 1. The van der Waals surface area contributed by atoms with Gasteiger partial charge in [0.05, 0.1) is 0 Å². The van der Waals surface area contributed by atoms with Gasteiger partial charge in [-0.15, -0.1) is 0 Å². The molecule has 1 fully saturated rings. The second kappa shape index (κ2) is 1.77. The minimum absolute atomic E-state index is 0.101. The predicted molar refractivity (Wildman–Crippen MR) is 34.3 cm³/mol. The number of nitrogens with zero attached hydrogens (tertiary/aromatic N) is 2. The highest BCUT2D eigenvalue weighted by Gasteiger charge is 2.39. The molecule has 2 heterocycles. The number of rotatable bonds is 0. The van der Waals surface area contributed by atoms with Crippen LogP contribution in [-0.2, 0) is 0 Å². The molecule has 50 valence electrons. The van der Waals surface area contributed by atoms with Gasteiger partial charge in [-0.25, -0.2) is 0 Å². The van der Waals surface area contributed by atoms with Crippen molar-refractivity contribution in [2.75, 3.05) is 13.1 Å². The second-order valence-electron chi connectivity index (χ2n) is 2.79. The Morgan fingerprint density at radius 2 is 2.00 bits per heavy atom. The van der Waals surface area contributed by atoms with E-state index in [1.807, 2.05) is 0 Å². The summed E-state index contributed by atoms with van der Waals surface area (Å²) < 4.78 is 0. The molecule has 0 saturated carbocycles. The van der Waals surface area contributed by atoms with Crippen molar-refractivity contribution in [3.05, 3.63) is 0 Å². The van der Waals surface area contributed by atoms with Gasteiger partial charge in [0, 0.05) is 6.42 Å². The Morgan fingerprint density at radius 3 is 2.78 bits per heavy atom. The molecule has 2 aliphatic heterocycles. The first-order chi connectivity index (χ1) is 4.41. The lowest BCUT2D eigenvalue weighted by Crippen LogP contribution is -2.16. The van der Waals surface area contributed by atoms with Gasteiger partial charge in [0.15, 0.2) is 5.66 Å². The van der Waals surface area contributed by atoms with Crippen LogP contribution in [0.15, 0.2) is 10.2 Å². The van der Waals surface area contributed by atoms with E-state index in [2.05, 4.69) is 15.5 Å². The van der Waals surface area contributed by atoms with Gasteiger partial charge in [-0.05, 0) is 25.9 Å². The van der Waals surface area contributed by atoms with Gasteiger partial charge in [0.2, 0.25) is 0 Å². The van der Waals surface area contributed by atoms with Crippen LogP contribution in [0.25, 0.3) is 0 Å². The lowest BCUT2D eigenvalue weighted by Gasteiger charge is -2.01. The molecule has 0 aromatic heterocycles. The third-order valence-electron chi connectivity index (χ3n) is 2.02. The minimum Gasteiger partial charge on any atom is -0.317 e. The van der Waals surface area contributed by atoms with E-state index in [0.29, 0.717) is 0 Å². The van der Waals surface area contributed by atoms with Crippen LogP contribution in [0, 0.1) is 0 Å². The Bertz CT molecular complexity index is 125. The zero-order valence-electron chi connectivity index (χ0n) is 5.43. The van der Waals surface area contributed by atoms with Crippen molar-refractivity contribution in [2.45, 2.75) is 24.9 Å². The van der Waals surface area contributed by atoms with E-state index in [1.165, 1.54) is 12.8 Å². The summed E-state index contributed by atoms with van der Waals surface area (Å²) in [5.74, 6) is 0. The average molecular weight is 125 g/mol. The molecule has 3 nitrogen and oxygen atoms in total. The van der Waals surface area contributed by atoms with Crippen LogP contribution in [0.5, 0.6) is 0 Å². The fourth-order valence-corrected chi connectivity index (χ4v) is 1.31. The summed E-state index contributed by atoms with van der Waals surface area (Å²) in [4.78, 5) is 0. The fourth-order valence-electron chi connectivity index (χ4n) is 1.31. The van der Waals surface area contributed by atoms with E-state index in [0.717, 1.165) is 19.5 Å². The maximum absolute atomic E-state index is 4.04. The van der Waals surface area contributed by atoms with Gasteiger partial charge in [-0.2, -0.15) is 10.2 Å². The molecule has 9 heavy (non-hydrogen) atoms. The predicted octanol–water partition coefficient (Wildman–Crippen LogP) is 0.922. The summed E-state index contributed by atoms with van der Waals surface area (Å²) in [6.07, 6.45) is 3.51. The standard InChI is InChI=1S/C6H11N3/c1-2-6(8-9-6)3-5-7-4-1/h7H,1-5H2. The Hall–Kier alpha value is -0.440. The largest absolute Gasteiger partial charge is 0.317 e. The highest BCUT2D eigenvalue weighted by Crippen LogP contribution is 2.36. The Morgan fingerprint density at radius 1 is 1.11 bits per heavy atom. The third kappa shape index (κ3) is 0.965. The van der Waals surface area contributed by atoms with Crippen molar-refractivity contribution in [3.63, 3.8) is 0 Å². The van der Waals surface area contributed by atoms with Crippen molar-refractivity contribution >= 4 is 0 Å². The van der Waals surface area contributed by atoms with Gasteiger partial charge >= 0.3 is 0 Å². The molecule has 0 radical (unpaired) electrons. The van der Waals surface area contributed by atoms with Crippen molar-refractivity contribution < 1.29 is 0 Å². The SMILES string of the molecule is C1CNCCC2(C1)N=N2. The highest BCUT2D eigenvalue weighted by molar-refractivity contribution is 4.94. The van der Waals surface area contributed by atoms with Crippen LogP contribution in [0.1, 0.15) is 19.3 Å². The Kier molecular flexibility index (Phi) is 1.05. The third-order valence-corrected chi connectivity index (χ3v) is 2.02. The van der Waals surface area contributed by atoms with Crippen molar-refractivity contribution in [1.82, 2.24) is 5.32 Å². The highest BCUT2D eigenvalue weighted by atomic mass is 15.4. The van der Waals surface area contributed by atoms with Crippen LogP contribution in [0.4, 0.5) is 0 Å². The van der Waals surface area contributed by atoms with Crippen LogP contribution in [-0.4, -0.2) is 18.8 Å². The van der Waals surface area contributed by atoms with Crippen LogP contribution < -0.4 is 5.32 Å².